The second-order valence-corrected chi connectivity index (χ2v) is 5.30. The smallest absolute Gasteiger partial charge is 0.218 e. The van der Waals surface area contributed by atoms with Crippen LogP contribution >= 0.6 is 0 Å². The summed E-state index contributed by atoms with van der Waals surface area (Å²) >= 11 is 0. The molecule has 122 valence electrons. The molecule has 1 fully saturated rings. The number of ether oxygens (including phenoxy) is 1. The van der Waals surface area contributed by atoms with E-state index in [1.807, 2.05) is 18.2 Å². The van der Waals surface area contributed by atoms with Gasteiger partial charge in [0.25, 0.3) is 0 Å². The number of aromatic nitrogens is 2. The van der Waals surface area contributed by atoms with Crippen LogP contribution in [0.15, 0.2) is 36.7 Å². The van der Waals surface area contributed by atoms with Crippen LogP contribution in [0, 0.1) is 5.82 Å². The first-order chi connectivity index (χ1) is 11.3. The summed E-state index contributed by atoms with van der Waals surface area (Å²) in [5.74, 6) is 1.19. The molecule has 1 aliphatic heterocycles. The van der Waals surface area contributed by atoms with Gasteiger partial charge in [0.15, 0.2) is 0 Å². The van der Waals surface area contributed by atoms with Gasteiger partial charge in [-0.2, -0.15) is 0 Å². The SMILES string of the molecule is NCCOc1cc(N2CCN(c3ccc(F)cc3)CC2)ncn1. The van der Waals surface area contributed by atoms with Crippen LogP contribution in [-0.4, -0.2) is 49.3 Å². The Morgan fingerprint density at radius 1 is 1.04 bits per heavy atom. The molecular formula is C16H20FN5O. The first-order valence-electron chi connectivity index (χ1n) is 7.66. The number of anilines is 2. The molecule has 0 bridgehead atoms. The van der Waals surface area contributed by atoms with E-state index in [-0.39, 0.29) is 5.82 Å². The van der Waals surface area contributed by atoms with E-state index in [1.54, 1.807) is 0 Å². The number of hydrogen-bond donors (Lipinski definition) is 1. The predicted octanol–water partition coefficient (Wildman–Crippen LogP) is 1.28. The van der Waals surface area contributed by atoms with Crippen LogP contribution in [0.2, 0.25) is 0 Å². The summed E-state index contributed by atoms with van der Waals surface area (Å²) in [6, 6.07) is 8.45. The summed E-state index contributed by atoms with van der Waals surface area (Å²) in [6.07, 6.45) is 1.51. The van der Waals surface area contributed by atoms with Crippen LogP contribution in [0.1, 0.15) is 0 Å². The third-order valence-corrected chi connectivity index (χ3v) is 3.79. The topological polar surface area (TPSA) is 67.5 Å². The monoisotopic (exact) mass is 317 g/mol. The minimum absolute atomic E-state index is 0.210. The summed E-state index contributed by atoms with van der Waals surface area (Å²) in [6.45, 7) is 4.28. The lowest BCUT2D eigenvalue weighted by molar-refractivity contribution is 0.315. The van der Waals surface area contributed by atoms with Gasteiger partial charge in [-0.1, -0.05) is 0 Å². The zero-order valence-corrected chi connectivity index (χ0v) is 12.9. The van der Waals surface area contributed by atoms with E-state index in [1.165, 1.54) is 18.5 Å². The molecule has 2 aromatic rings. The number of hydrogen-bond acceptors (Lipinski definition) is 6. The van der Waals surface area contributed by atoms with Crippen molar-refractivity contribution in [1.82, 2.24) is 9.97 Å². The first kappa shape index (κ1) is 15.5. The highest BCUT2D eigenvalue weighted by Gasteiger charge is 2.19. The minimum atomic E-state index is -0.210. The van der Waals surface area contributed by atoms with E-state index in [2.05, 4.69) is 19.8 Å². The summed E-state index contributed by atoms with van der Waals surface area (Å²) in [7, 11) is 0. The molecule has 1 aliphatic rings. The highest BCUT2D eigenvalue weighted by atomic mass is 19.1. The number of nitrogens with zero attached hydrogens (tertiary/aromatic N) is 4. The molecule has 0 aliphatic carbocycles. The second kappa shape index (κ2) is 7.23. The van der Waals surface area contributed by atoms with Crippen LogP contribution in [0.4, 0.5) is 15.9 Å². The van der Waals surface area contributed by atoms with Crippen molar-refractivity contribution in [3.63, 3.8) is 0 Å². The Labute approximate surface area is 134 Å². The summed E-state index contributed by atoms with van der Waals surface area (Å²) in [5, 5.41) is 0. The molecule has 0 spiro atoms. The van der Waals surface area contributed by atoms with Gasteiger partial charge in [-0.25, -0.2) is 14.4 Å². The molecule has 2 N–H and O–H groups in total. The molecule has 1 aromatic heterocycles. The lowest BCUT2D eigenvalue weighted by atomic mass is 10.2. The normalized spacial score (nSPS) is 14.9. The molecule has 0 unspecified atom stereocenters. The standard InChI is InChI=1S/C16H20FN5O/c17-13-1-3-14(4-2-13)21-6-8-22(9-7-21)15-11-16(20-12-19-15)23-10-5-18/h1-4,11-12H,5-10,18H2. The molecule has 0 atom stereocenters. The van der Waals surface area contributed by atoms with Gasteiger partial charge in [0.05, 0.1) is 0 Å². The first-order valence-corrected chi connectivity index (χ1v) is 7.66. The molecule has 3 rings (SSSR count). The molecule has 0 radical (unpaired) electrons. The maximum absolute atomic E-state index is 13.0. The van der Waals surface area contributed by atoms with Crippen molar-refractivity contribution in [1.29, 1.82) is 0 Å². The van der Waals surface area contributed by atoms with Crippen LogP contribution < -0.4 is 20.3 Å². The van der Waals surface area contributed by atoms with E-state index in [0.717, 1.165) is 37.7 Å². The Balaban J connectivity index is 1.61. The van der Waals surface area contributed by atoms with Gasteiger partial charge >= 0.3 is 0 Å². The average Bonchev–Trinajstić information content (AvgIpc) is 2.61. The Hall–Kier alpha value is -2.41. The number of benzene rings is 1. The number of rotatable bonds is 5. The van der Waals surface area contributed by atoms with Crippen LogP contribution in [0.5, 0.6) is 5.88 Å². The molecule has 0 amide bonds. The van der Waals surface area contributed by atoms with E-state index >= 15 is 0 Å². The third kappa shape index (κ3) is 3.87. The zero-order valence-electron chi connectivity index (χ0n) is 12.9. The van der Waals surface area contributed by atoms with E-state index in [4.69, 9.17) is 10.5 Å². The highest BCUT2D eigenvalue weighted by Crippen LogP contribution is 2.21. The number of nitrogens with two attached hydrogens (primary N) is 1. The van der Waals surface area contributed by atoms with E-state index in [9.17, 15) is 4.39 Å². The van der Waals surface area contributed by atoms with Crippen LogP contribution in [0.3, 0.4) is 0 Å². The average molecular weight is 317 g/mol. The van der Waals surface area contributed by atoms with Gasteiger partial charge in [-0.3, -0.25) is 0 Å². The zero-order chi connectivity index (χ0) is 16.1. The molecule has 1 aromatic carbocycles. The maximum atomic E-state index is 13.0. The van der Waals surface area contributed by atoms with Gasteiger partial charge in [-0.15, -0.1) is 0 Å². The third-order valence-electron chi connectivity index (χ3n) is 3.79. The summed E-state index contributed by atoms with van der Waals surface area (Å²) in [4.78, 5) is 12.8. The maximum Gasteiger partial charge on any atom is 0.218 e. The van der Waals surface area contributed by atoms with Gasteiger partial charge in [-0.05, 0) is 24.3 Å². The van der Waals surface area contributed by atoms with Crippen molar-refractivity contribution in [3.05, 3.63) is 42.5 Å². The number of piperazine rings is 1. The van der Waals surface area contributed by atoms with E-state index in [0.29, 0.717) is 19.0 Å². The van der Waals surface area contributed by atoms with Crippen LogP contribution in [-0.2, 0) is 0 Å². The fourth-order valence-corrected chi connectivity index (χ4v) is 2.59. The van der Waals surface area contributed by atoms with E-state index < -0.39 is 0 Å². The minimum Gasteiger partial charge on any atom is -0.476 e. The second-order valence-electron chi connectivity index (χ2n) is 5.30. The van der Waals surface area contributed by atoms with Gasteiger partial charge < -0.3 is 20.3 Å². The largest absolute Gasteiger partial charge is 0.476 e. The Morgan fingerprint density at radius 3 is 2.43 bits per heavy atom. The van der Waals surface area contributed by atoms with Gasteiger partial charge in [0.1, 0.15) is 24.6 Å². The lowest BCUT2D eigenvalue weighted by Gasteiger charge is -2.36. The van der Waals surface area contributed by atoms with Crippen molar-refractivity contribution >= 4 is 11.5 Å². The molecule has 6 nitrogen and oxygen atoms in total. The highest BCUT2D eigenvalue weighted by molar-refractivity contribution is 5.49. The Bertz CT molecular complexity index is 629. The van der Waals surface area contributed by atoms with Gasteiger partial charge in [0, 0.05) is 44.5 Å². The molecule has 7 heteroatoms. The fraction of sp³-hybridized carbons (Fsp3) is 0.375. The molecule has 2 heterocycles. The quantitative estimate of drug-likeness (QED) is 0.896. The van der Waals surface area contributed by atoms with Crippen molar-refractivity contribution in [2.75, 3.05) is 49.1 Å². The molecular weight excluding hydrogens is 297 g/mol. The van der Waals surface area contributed by atoms with Crippen molar-refractivity contribution < 1.29 is 9.13 Å². The fourth-order valence-electron chi connectivity index (χ4n) is 2.59. The molecule has 0 saturated carbocycles. The van der Waals surface area contributed by atoms with Gasteiger partial charge in [0.2, 0.25) is 5.88 Å². The Kier molecular flexibility index (Phi) is 4.87. The summed E-state index contributed by atoms with van der Waals surface area (Å²) in [5.41, 5.74) is 6.47. The Morgan fingerprint density at radius 2 is 1.74 bits per heavy atom. The predicted molar refractivity (Wildman–Crippen MR) is 87.4 cm³/mol. The lowest BCUT2D eigenvalue weighted by Crippen LogP contribution is -2.46. The van der Waals surface area contributed by atoms with Crippen LogP contribution in [0.25, 0.3) is 0 Å². The summed E-state index contributed by atoms with van der Waals surface area (Å²) < 4.78 is 18.4. The molecule has 1 saturated heterocycles. The van der Waals surface area contributed by atoms with Crippen molar-refractivity contribution in [2.24, 2.45) is 5.73 Å². The molecule has 23 heavy (non-hydrogen) atoms. The number of halogens is 1. The van der Waals surface area contributed by atoms with Crippen molar-refractivity contribution in [3.8, 4) is 5.88 Å². The van der Waals surface area contributed by atoms with Crippen molar-refractivity contribution in [2.45, 2.75) is 0 Å².